The second-order valence-corrected chi connectivity index (χ2v) is 6.14. The number of unbranched alkanes of at least 4 members (excludes halogenated alkanes) is 4. The van der Waals surface area contributed by atoms with Crippen molar-refractivity contribution in [2.45, 2.75) is 70.3 Å². The van der Waals surface area contributed by atoms with Crippen LogP contribution in [0.15, 0.2) is 0 Å². The van der Waals surface area contributed by atoms with Gasteiger partial charge in [0.25, 0.3) is 0 Å². The summed E-state index contributed by atoms with van der Waals surface area (Å²) in [4.78, 5) is 32.9. The summed E-state index contributed by atoms with van der Waals surface area (Å²) in [6.07, 6.45) is 4.96. The van der Waals surface area contributed by atoms with Gasteiger partial charge in [0.2, 0.25) is 0 Å². The monoisotopic (exact) mass is 314 g/mol. The standard InChI is InChI=1S/C16H26O6/c17-13-10-14(18)12(8-9-16(21)22)11(13)6-4-2-1-3-5-7-15(19)20/h11-12,14,18H,1-10H2,(H,19,20)(H,21,22). The van der Waals surface area contributed by atoms with Gasteiger partial charge in [-0.15, -0.1) is 0 Å². The second-order valence-electron chi connectivity index (χ2n) is 6.14. The van der Waals surface area contributed by atoms with Gasteiger partial charge >= 0.3 is 11.9 Å². The Balaban J connectivity index is 2.25. The topological polar surface area (TPSA) is 112 Å². The van der Waals surface area contributed by atoms with Gasteiger partial charge in [0.15, 0.2) is 0 Å². The van der Waals surface area contributed by atoms with E-state index in [-0.39, 0.29) is 36.9 Å². The van der Waals surface area contributed by atoms with Crippen LogP contribution in [0.5, 0.6) is 0 Å². The van der Waals surface area contributed by atoms with Crippen molar-refractivity contribution in [3.63, 3.8) is 0 Å². The Hall–Kier alpha value is -1.43. The first-order valence-corrected chi connectivity index (χ1v) is 8.06. The van der Waals surface area contributed by atoms with Crippen LogP contribution >= 0.6 is 0 Å². The maximum absolute atomic E-state index is 11.9. The predicted octanol–water partition coefficient (Wildman–Crippen LogP) is 2.23. The van der Waals surface area contributed by atoms with Crippen molar-refractivity contribution in [1.82, 2.24) is 0 Å². The first-order valence-electron chi connectivity index (χ1n) is 8.06. The fourth-order valence-electron chi connectivity index (χ4n) is 3.25. The highest BCUT2D eigenvalue weighted by atomic mass is 16.4. The summed E-state index contributed by atoms with van der Waals surface area (Å²) in [6.45, 7) is 0. The molecule has 0 aromatic heterocycles. The Morgan fingerprint density at radius 2 is 1.50 bits per heavy atom. The minimum atomic E-state index is -0.899. The van der Waals surface area contributed by atoms with Gasteiger partial charge < -0.3 is 15.3 Å². The van der Waals surface area contributed by atoms with Crippen molar-refractivity contribution < 1.29 is 29.7 Å². The molecule has 0 bridgehead atoms. The summed E-state index contributed by atoms with van der Waals surface area (Å²) >= 11 is 0. The third kappa shape index (κ3) is 6.56. The highest BCUT2D eigenvalue weighted by Crippen LogP contribution is 2.36. The Kier molecular flexibility index (Phi) is 8.09. The van der Waals surface area contributed by atoms with E-state index in [9.17, 15) is 19.5 Å². The van der Waals surface area contributed by atoms with E-state index in [4.69, 9.17) is 10.2 Å². The number of aliphatic hydroxyl groups is 1. The van der Waals surface area contributed by atoms with Crippen LogP contribution in [0.2, 0.25) is 0 Å². The Morgan fingerprint density at radius 3 is 2.14 bits per heavy atom. The maximum atomic E-state index is 11.9. The zero-order valence-electron chi connectivity index (χ0n) is 12.9. The second kappa shape index (κ2) is 9.56. The smallest absolute Gasteiger partial charge is 0.303 e. The molecule has 0 aromatic carbocycles. The third-order valence-electron chi connectivity index (χ3n) is 4.43. The van der Waals surface area contributed by atoms with Crippen LogP contribution in [0, 0.1) is 11.8 Å². The molecule has 126 valence electrons. The van der Waals surface area contributed by atoms with Crippen LogP contribution in [0.4, 0.5) is 0 Å². The molecule has 3 N–H and O–H groups in total. The summed E-state index contributed by atoms with van der Waals surface area (Å²) in [6, 6.07) is 0. The lowest BCUT2D eigenvalue weighted by Crippen LogP contribution is -2.21. The molecule has 3 unspecified atom stereocenters. The number of hydrogen-bond donors (Lipinski definition) is 3. The van der Waals surface area contributed by atoms with E-state index in [1.165, 1.54) is 0 Å². The van der Waals surface area contributed by atoms with Gasteiger partial charge in [0.1, 0.15) is 5.78 Å². The fraction of sp³-hybridized carbons (Fsp3) is 0.812. The molecule has 0 aromatic rings. The predicted molar refractivity (Wildman–Crippen MR) is 79.4 cm³/mol. The van der Waals surface area contributed by atoms with E-state index in [1.807, 2.05) is 0 Å². The molecule has 3 atom stereocenters. The van der Waals surface area contributed by atoms with Crippen molar-refractivity contribution >= 4 is 17.7 Å². The highest BCUT2D eigenvalue weighted by Gasteiger charge is 2.40. The van der Waals surface area contributed by atoms with E-state index in [2.05, 4.69) is 0 Å². The van der Waals surface area contributed by atoms with Crippen LogP contribution in [-0.2, 0) is 14.4 Å². The molecule has 1 saturated carbocycles. The number of rotatable bonds is 11. The molecule has 22 heavy (non-hydrogen) atoms. The van der Waals surface area contributed by atoms with Crippen LogP contribution in [0.1, 0.15) is 64.2 Å². The number of carbonyl (C=O) groups excluding carboxylic acids is 1. The Bertz CT molecular complexity index is 392. The van der Waals surface area contributed by atoms with Gasteiger partial charge in [-0.05, 0) is 25.2 Å². The van der Waals surface area contributed by atoms with Gasteiger partial charge in [0.05, 0.1) is 6.10 Å². The molecular weight excluding hydrogens is 288 g/mol. The molecule has 0 saturated heterocycles. The quantitative estimate of drug-likeness (QED) is 0.504. The molecular formula is C16H26O6. The van der Waals surface area contributed by atoms with E-state index < -0.39 is 18.0 Å². The molecule has 0 heterocycles. The SMILES string of the molecule is O=C(O)CCCCCCCC1C(=O)CC(O)C1CCC(=O)O. The molecule has 0 spiro atoms. The number of hydrogen-bond acceptors (Lipinski definition) is 4. The Labute approximate surface area is 130 Å². The number of carbonyl (C=O) groups is 3. The van der Waals surface area contributed by atoms with Crippen molar-refractivity contribution in [2.24, 2.45) is 11.8 Å². The summed E-state index contributed by atoms with van der Waals surface area (Å²) in [5.74, 6) is -2.06. The number of Topliss-reactive ketones (excluding diaryl/α,β-unsaturated/α-hetero) is 1. The number of carboxylic acid groups (broad SMARTS) is 2. The molecule has 1 rings (SSSR count). The number of aliphatic hydroxyl groups excluding tert-OH is 1. The average molecular weight is 314 g/mol. The maximum Gasteiger partial charge on any atom is 0.303 e. The Morgan fingerprint density at radius 1 is 0.909 bits per heavy atom. The van der Waals surface area contributed by atoms with Crippen LogP contribution in [-0.4, -0.2) is 39.1 Å². The van der Waals surface area contributed by atoms with Gasteiger partial charge in [-0.1, -0.05) is 25.7 Å². The van der Waals surface area contributed by atoms with Crippen LogP contribution < -0.4 is 0 Å². The van der Waals surface area contributed by atoms with Crippen LogP contribution in [0.3, 0.4) is 0 Å². The van der Waals surface area contributed by atoms with E-state index in [0.717, 1.165) is 25.7 Å². The first kappa shape index (κ1) is 18.6. The van der Waals surface area contributed by atoms with Crippen molar-refractivity contribution in [1.29, 1.82) is 0 Å². The molecule has 1 fully saturated rings. The zero-order valence-corrected chi connectivity index (χ0v) is 12.9. The molecule has 0 aliphatic heterocycles. The van der Waals surface area contributed by atoms with E-state index in [0.29, 0.717) is 19.3 Å². The minimum Gasteiger partial charge on any atom is -0.481 e. The minimum absolute atomic E-state index is 0.0132. The molecule has 0 amide bonds. The summed E-state index contributed by atoms with van der Waals surface area (Å²) in [7, 11) is 0. The van der Waals surface area contributed by atoms with Crippen molar-refractivity contribution in [3.8, 4) is 0 Å². The molecule has 6 nitrogen and oxygen atoms in total. The fourth-order valence-corrected chi connectivity index (χ4v) is 3.25. The normalized spacial score (nSPS) is 24.6. The van der Waals surface area contributed by atoms with Gasteiger partial charge in [-0.3, -0.25) is 14.4 Å². The van der Waals surface area contributed by atoms with Gasteiger partial charge in [0, 0.05) is 25.2 Å². The average Bonchev–Trinajstić information content (AvgIpc) is 2.69. The lowest BCUT2D eigenvalue weighted by atomic mass is 9.86. The van der Waals surface area contributed by atoms with E-state index in [1.54, 1.807) is 0 Å². The molecule has 6 heteroatoms. The molecule has 1 aliphatic rings. The third-order valence-corrected chi connectivity index (χ3v) is 4.43. The lowest BCUT2D eigenvalue weighted by Gasteiger charge is -2.20. The van der Waals surface area contributed by atoms with Crippen LogP contribution in [0.25, 0.3) is 0 Å². The van der Waals surface area contributed by atoms with Crippen molar-refractivity contribution in [3.05, 3.63) is 0 Å². The number of aliphatic carboxylic acids is 2. The van der Waals surface area contributed by atoms with Gasteiger partial charge in [-0.2, -0.15) is 0 Å². The van der Waals surface area contributed by atoms with E-state index >= 15 is 0 Å². The zero-order chi connectivity index (χ0) is 16.5. The summed E-state index contributed by atoms with van der Waals surface area (Å²) in [5, 5.41) is 27.2. The van der Waals surface area contributed by atoms with Gasteiger partial charge in [-0.25, -0.2) is 0 Å². The number of carboxylic acids is 2. The summed E-state index contributed by atoms with van der Waals surface area (Å²) in [5.41, 5.74) is 0. The lowest BCUT2D eigenvalue weighted by molar-refractivity contribution is -0.138. The number of ketones is 1. The highest BCUT2D eigenvalue weighted by molar-refractivity contribution is 5.84. The largest absolute Gasteiger partial charge is 0.481 e. The molecule has 0 radical (unpaired) electrons. The van der Waals surface area contributed by atoms with Crippen molar-refractivity contribution in [2.75, 3.05) is 0 Å². The molecule has 1 aliphatic carbocycles. The first-order chi connectivity index (χ1) is 10.4. The summed E-state index contributed by atoms with van der Waals surface area (Å²) < 4.78 is 0.